The number of nitrogens with one attached hydrogen (secondary N) is 2. The van der Waals surface area contributed by atoms with Crippen LogP contribution in [0.2, 0.25) is 0 Å². The largest absolute Gasteiger partial charge is 0.468 e. The first-order chi connectivity index (χ1) is 18.1. The van der Waals surface area contributed by atoms with Crippen molar-refractivity contribution in [1.82, 2.24) is 10.6 Å². The molecule has 0 saturated heterocycles. The number of benzene rings is 1. The van der Waals surface area contributed by atoms with Gasteiger partial charge in [-0.05, 0) is 115 Å². The van der Waals surface area contributed by atoms with Crippen molar-refractivity contribution in [3.8, 4) is 82.9 Å². The van der Waals surface area contributed by atoms with Crippen molar-refractivity contribution in [1.29, 1.82) is 0 Å². The van der Waals surface area contributed by atoms with Gasteiger partial charge < -0.3 is 20.2 Å². The average molecular weight is 513 g/mol. The van der Waals surface area contributed by atoms with E-state index >= 15 is 0 Å². The minimum absolute atomic E-state index is 0. The van der Waals surface area contributed by atoms with Gasteiger partial charge in [0.2, 0.25) is 0 Å². The smallest absolute Gasteiger partial charge is 0.319 e. The number of carbonyl (C=O) groups excluding carboxylic acids is 3. The molecule has 0 saturated carbocycles. The van der Waals surface area contributed by atoms with E-state index in [9.17, 15) is 9.59 Å². The zero-order valence-electron chi connectivity index (χ0n) is 20.6. The second-order valence-electron chi connectivity index (χ2n) is 6.81. The summed E-state index contributed by atoms with van der Waals surface area (Å²) in [5.74, 6) is 36.8. The molecule has 37 heavy (non-hydrogen) atoms. The molecule has 2 rings (SSSR count). The monoisotopic (exact) mass is 512 g/mol. The maximum atomic E-state index is 12.2. The number of aryl methyl sites for hydroxylation is 1. The lowest BCUT2D eigenvalue weighted by molar-refractivity contribution is -0.128. The number of hydrogen-bond acceptors (Lipinski definition) is 4. The number of hydrogen-bond donors (Lipinski definition) is 2. The van der Waals surface area contributed by atoms with Crippen LogP contribution in [0, 0.1) is 89.8 Å². The molecule has 2 amide bonds. The SMILES string of the molecule is C=O.CC#CC#CC#CC#CC#CC#CC#Cc1cccc(C)c1C1NC(=O)NC(C)=C1CCOC=O.[HH].[HH].[HH].[HH].[HH].[HH].[HH].[HH].[HH].[HH].[HH].[HH].[HH]. The van der Waals surface area contributed by atoms with Crippen molar-refractivity contribution in [3.05, 3.63) is 46.2 Å². The summed E-state index contributed by atoms with van der Waals surface area (Å²) in [4.78, 5) is 30.7. The Balaban J connectivity index is -0.0000000814. The molecule has 0 aliphatic carbocycles. The fourth-order valence-electron chi connectivity index (χ4n) is 3.16. The van der Waals surface area contributed by atoms with Crippen molar-refractivity contribution in [2.75, 3.05) is 6.61 Å². The van der Waals surface area contributed by atoms with Crippen molar-refractivity contribution in [2.45, 2.75) is 33.2 Å². The third-order valence-electron chi connectivity index (χ3n) is 4.59. The number of amides is 2. The Hall–Kier alpha value is -5.71. The maximum absolute atomic E-state index is 12.2. The van der Waals surface area contributed by atoms with Crippen LogP contribution in [0.15, 0.2) is 29.5 Å². The van der Waals surface area contributed by atoms with Gasteiger partial charge in [-0.3, -0.25) is 4.79 Å². The molecule has 1 atom stereocenters. The zero-order valence-corrected chi connectivity index (χ0v) is 20.6. The van der Waals surface area contributed by atoms with E-state index in [1.54, 1.807) is 6.92 Å². The van der Waals surface area contributed by atoms with Gasteiger partial charge >= 0.3 is 6.03 Å². The number of ether oxygens (including phenoxy) is 1. The summed E-state index contributed by atoms with van der Waals surface area (Å²) in [6, 6.07) is 4.99. The van der Waals surface area contributed by atoms with Crippen LogP contribution in [0.4, 0.5) is 4.79 Å². The van der Waals surface area contributed by atoms with Gasteiger partial charge in [0, 0.05) is 36.2 Å². The molecule has 2 N–H and O–H groups in total. The maximum Gasteiger partial charge on any atom is 0.319 e. The quantitative estimate of drug-likeness (QED) is 0.306. The van der Waals surface area contributed by atoms with Crippen LogP contribution in [0.25, 0.3) is 0 Å². The number of urea groups is 1. The molecule has 1 aromatic carbocycles. The molecule has 1 aliphatic rings. The van der Waals surface area contributed by atoms with Crippen LogP contribution in [0.5, 0.6) is 0 Å². The highest BCUT2D eigenvalue weighted by molar-refractivity contribution is 5.79. The second-order valence-corrected chi connectivity index (χ2v) is 6.81. The molecule has 6 heteroatoms. The summed E-state index contributed by atoms with van der Waals surface area (Å²) in [5.41, 5.74) is 4.18. The van der Waals surface area contributed by atoms with Crippen LogP contribution in [-0.4, -0.2) is 25.9 Å². The summed E-state index contributed by atoms with van der Waals surface area (Å²) in [6.45, 7) is 8.07. The second kappa shape index (κ2) is 17.7. The van der Waals surface area contributed by atoms with Crippen molar-refractivity contribution < 1.29 is 37.7 Å². The van der Waals surface area contributed by atoms with E-state index in [4.69, 9.17) is 9.53 Å². The molecule has 1 unspecified atom stereocenters. The first-order valence-corrected chi connectivity index (χ1v) is 10.7. The van der Waals surface area contributed by atoms with Gasteiger partial charge in [-0.15, -0.1) is 0 Å². The summed E-state index contributed by atoms with van der Waals surface area (Å²) >= 11 is 0. The Labute approximate surface area is 237 Å². The molecule has 1 aromatic rings. The average Bonchev–Trinajstić information content (AvgIpc) is 2.89. The van der Waals surface area contributed by atoms with E-state index in [2.05, 4.69) is 93.5 Å². The molecule has 1 heterocycles. The van der Waals surface area contributed by atoms with Gasteiger partial charge in [0.25, 0.3) is 6.47 Å². The predicted molar refractivity (Wildman–Crippen MR) is 169 cm³/mol. The molecule has 0 bridgehead atoms. The Bertz CT molecular complexity index is 1540. The topological polar surface area (TPSA) is 84.5 Å². The summed E-state index contributed by atoms with van der Waals surface area (Å²) < 4.78 is 4.87. The van der Waals surface area contributed by atoms with Gasteiger partial charge in [0.05, 0.1) is 12.6 Å². The Morgan fingerprint density at radius 3 is 2.08 bits per heavy atom. The van der Waals surface area contributed by atoms with Gasteiger partial charge in [-0.2, -0.15) is 0 Å². The van der Waals surface area contributed by atoms with E-state index in [1.807, 2.05) is 38.8 Å². The third kappa shape index (κ3) is 10.4. The van der Waals surface area contributed by atoms with E-state index in [0.29, 0.717) is 12.9 Å². The zero-order chi connectivity index (χ0) is 27.3. The number of carbonyl (C=O) groups is 3. The van der Waals surface area contributed by atoms with Crippen LogP contribution < -0.4 is 10.6 Å². The Kier molecular flexibility index (Phi) is 14.0. The highest BCUT2D eigenvalue weighted by Crippen LogP contribution is 2.32. The van der Waals surface area contributed by atoms with Gasteiger partial charge in [-0.1, -0.05) is 24.0 Å². The van der Waals surface area contributed by atoms with Crippen molar-refractivity contribution in [2.24, 2.45) is 0 Å². The Morgan fingerprint density at radius 1 is 0.946 bits per heavy atom. The first-order valence-electron chi connectivity index (χ1n) is 10.7. The normalized spacial score (nSPS) is 11.9. The molecule has 1 aliphatic heterocycles. The van der Waals surface area contributed by atoms with Crippen LogP contribution in [-0.2, 0) is 14.3 Å². The van der Waals surface area contributed by atoms with Gasteiger partial charge in [0.1, 0.15) is 6.79 Å². The van der Waals surface area contributed by atoms with E-state index in [-0.39, 0.29) is 31.2 Å². The Morgan fingerprint density at radius 2 is 1.51 bits per heavy atom. The van der Waals surface area contributed by atoms with E-state index in [0.717, 1.165) is 28.0 Å². The minimum Gasteiger partial charge on any atom is -0.468 e. The highest BCUT2D eigenvalue weighted by atomic mass is 16.5. The van der Waals surface area contributed by atoms with Crippen LogP contribution >= 0.6 is 0 Å². The van der Waals surface area contributed by atoms with Crippen LogP contribution in [0.1, 0.15) is 61.5 Å². The van der Waals surface area contributed by atoms with Crippen molar-refractivity contribution >= 4 is 19.3 Å². The fourth-order valence-corrected chi connectivity index (χ4v) is 3.16. The van der Waals surface area contributed by atoms with Crippen LogP contribution in [0.3, 0.4) is 0 Å². The lowest BCUT2D eigenvalue weighted by Gasteiger charge is -2.31. The highest BCUT2D eigenvalue weighted by Gasteiger charge is 2.28. The van der Waals surface area contributed by atoms with Gasteiger partial charge in [-0.25, -0.2) is 4.79 Å². The molecule has 6 nitrogen and oxygen atoms in total. The number of rotatable bonds is 5. The van der Waals surface area contributed by atoms with E-state index in [1.165, 1.54) is 0 Å². The van der Waals surface area contributed by atoms with Crippen molar-refractivity contribution in [3.63, 3.8) is 0 Å². The first kappa shape index (κ1) is 29.3. The minimum atomic E-state index is -0.410. The standard InChI is InChI=1S/C30H20N2O3.CH2O.13H2/c1-4-5-6-7-8-9-10-11-12-13-14-15-16-19-26-20-17-18-24(2)28(26)29-27(21-22-35-23-33)25(3)31-30(34)32-29;1-2;;;;;;;;;;;;;/h17-18,20,23,29H,21-22H2,1-3H3,(H2,31,32,34);1H2;13*1H. The van der Waals surface area contributed by atoms with E-state index < -0.39 is 6.04 Å². The van der Waals surface area contributed by atoms with Gasteiger partial charge in [0.15, 0.2) is 0 Å². The lowest BCUT2D eigenvalue weighted by atomic mass is 9.87. The molecule has 206 valence electrons. The molecule has 0 radical (unpaired) electrons. The summed E-state index contributed by atoms with van der Waals surface area (Å²) in [6.07, 6.45) is 0.462. The molecular weight excluding hydrogens is 464 g/mol. The fraction of sp³-hybridized carbons (Fsp3) is 0.194. The lowest BCUT2D eigenvalue weighted by Crippen LogP contribution is -2.44. The summed E-state index contributed by atoms with van der Waals surface area (Å²) in [5, 5.41) is 5.72. The molecular formula is C31H48N2O4. The molecule has 0 fully saturated rings. The summed E-state index contributed by atoms with van der Waals surface area (Å²) in [7, 11) is 0. The number of allylic oxidation sites excluding steroid dienone is 1. The molecule has 0 aromatic heterocycles. The third-order valence-corrected chi connectivity index (χ3v) is 4.59. The predicted octanol–water partition coefficient (Wildman–Crippen LogP) is 5.59. The molecule has 0 spiro atoms.